The summed E-state index contributed by atoms with van der Waals surface area (Å²) in [5, 5.41) is 15.0. The molecule has 22 heavy (non-hydrogen) atoms. The Labute approximate surface area is 133 Å². The van der Waals surface area contributed by atoms with Crippen LogP contribution in [-0.4, -0.2) is 10.9 Å². The highest BCUT2D eigenvalue weighted by molar-refractivity contribution is 6.31. The highest BCUT2D eigenvalue weighted by Gasteiger charge is 2.09. The van der Waals surface area contributed by atoms with Crippen molar-refractivity contribution >= 4 is 29.0 Å². The molecule has 5 nitrogen and oxygen atoms in total. The largest absolute Gasteiger partial charge is 0.345 e. The number of pyridine rings is 1. The lowest BCUT2D eigenvalue weighted by molar-refractivity contribution is -0.112. The summed E-state index contributed by atoms with van der Waals surface area (Å²) in [6.45, 7) is 1.92. The molecule has 0 radical (unpaired) electrons. The molecule has 2 rings (SSSR count). The first-order valence-electron chi connectivity index (χ1n) is 6.45. The first-order valence-corrected chi connectivity index (χ1v) is 6.82. The van der Waals surface area contributed by atoms with Crippen LogP contribution in [0, 0.1) is 18.3 Å². The molecule has 0 unspecified atom stereocenters. The van der Waals surface area contributed by atoms with Gasteiger partial charge < -0.3 is 10.6 Å². The Hall–Kier alpha value is -2.84. The summed E-state index contributed by atoms with van der Waals surface area (Å²) in [7, 11) is 0. The van der Waals surface area contributed by atoms with E-state index in [-0.39, 0.29) is 5.57 Å². The number of carbonyl (C=O) groups excluding carboxylic acids is 1. The number of nitriles is 1. The summed E-state index contributed by atoms with van der Waals surface area (Å²) < 4.78 is 0. The monoisotopic (exact) mass is 312 g/mol. The molecule has 1 heterocycles. The van der Waals surface area contributed by atoms with Gasteiger partial charge in [-0.15, -0.1) is 0 Å². The van der Waals surface area contributed by atoms with Gasteiger partial charge in [-0.05, 0) is 42.8 Å². The van der Waals surface area contributed by atoms with E-state index in [2.05, 4.69) is 15.6 Å². The van der Waals surface area contributed by atoms with Gasteiger partial charge in [0.2, 0.25) is 0 Å². The zero-order valence-corrected chi connectivity index (χ0v) is 12.6. The third kappa shape index (κ3) is 4.33. The van der Waals surface area contributed by atoms with Crippen molar-refractivity contribution in [1.82, 2.24) is 4.98 Å². The van der Waals surface area contributed by atoms with E-state index in [1.807, 2.05) is 19.1 Å². The van der Waals surface area contributed by atoms with Gasteiger partial charge in [0.25, 0.3) is 5.91 Å². The molecule has 0 aliphatic heterocycles. The summed E-state index contributed by atoms with van der Waals surface area (Å²) >= 11 is 5.85. The number of halogens is 1. The zero-order valence-electron chi connectivity index (χ0n) is 11.8. The van der Waals surface area contributed by atoms with Crippen LogP contribution < -0.4 is 10.6 Å². The quantitative estimate of drug-likeness (QED) is 0.669. The Balaban J connectivity index is 2.09. The number of nitrogens with one attached hydrogen (secondary N) is 2. The molecule has 0 bridgehead atoms. The molecule has 1 aromatic heterocycles. The number of amides is 1. The molecular weight excluding hydrogens is 300 g/mol. The number of carbonyl (C=O) groups is 1. The van der Waals surface area contributed by atoms with E-state index < -0.39 is 5.91 Å². The zero-order chi connectivity index (χ0) is 15.9. The van der Waals surface area contributed by atoms with E-state index in [1.54, 1.807) is 36.5 Å². The molecule has 0 atom stereocenters. The minimum absolute atomic E-state index is 0.0664. The second-order valence-electron chi connectivity index (χ2n) is 4.50. The average molecular weight is 313 g/mol. The van der Waals surface area contributed by atoms with E-state index in [1.165, 1.54) is 6.20 Å². The number of anilines is 2. The Morgan fingerprint density at radius 2 is 2.18 bits per heavy atom. The number of aryl methyl sites for hydroxylation is 1. The lowest BCUT2D eigenvalue weighted by atomic mass is 10.2. The van der Waals surface area contributed by atoms with Crippen molar-refractivity contribution in [2.24, 2.45) is 0 Å². The summed E-state index contributed by atoms with van der Waals surface area (Å²) in [6, 6.07) is 12.2. The van der Waals surface area contributed by atoms with Gasteiger partial charge in [-0.2, -0.15) is 5.26 Å². The maximum atomic E-state index is 12.0. The number of rotatable bonds is 4. The average Bonchev–Trinajstić information content (AvgIpc) is 2.48. The molecule has 1 amide bonds. The van der Waals surface area contributed by atoms with Crippen LogP contribution in [0.2, 0.25) is 5.02 Å². The van der Waals surface area contributed by atoms with Crippen molar-refractivity contribution in [3.63, 3.8) is 0 Å². The topological polar surface area (TPSA) is 77.8 Å². The van der Waals surface area contributed by atoms with Crippen molar-refractivity contribution < 1.29 is 4.79 Å². The number of hydrogen-bond donors (Lipinski definition) is 2. The lowest BCUT2D eigenvalue weighted by Crippen LogP contribution is -2.14. The van der Waals surface area contributed by atoms with Crippen LogP contribution >= 0.6 is 11.6 Å². The Bertz CT molecular complexity index is 765. The summed E-state index contributed by atoms with van der Waals surface area (Å²) in [5.74, 6) is 0.0354. The van der Waals surface area contributed by atoms with Crippen LogP contribution in [0.15, 0.2) is 54.4 Å². The number of hydrogen-bond acceptors (Lipinski definition) is 4. The Morgan fingerprint density at radius 1 is 1.36 bits per heavy atom. The standard InChI is InChI=1S/C16H13ClN4O/c1-11-5-6-19-15(7-11)20-10-12(9-18)16(22)21-14-4-2-3-13(17)8-14/h2-8,10H,1H3,(H,19,20)(H,21,22)/b12-10-. The first-order chi connectivity index (χ1) is 10.6. The fourth-order valence-electron chi connectivity index (χ4n) is 1.67. The van der Waals surface area contributed by atoms with E-state index in [4.69, 9.17) is 16.9 Å². The summed E-state index contributed by atoms with van der Waals surface area (Å²) in [4.78, 5) is 16.1. The SMILES string of the molecule is Cc1ccnc(N/C=C(/C#N)C(=O)Nc2cccc(Cl)c2)c1. The van der Waals surface area contributed by atoms with Crippen molar-refractivity contribution in [1.29, 1.82) is 5.26 Å². The molecule has 110 valence electrons. The van der Waals surface area contributed by atoms with E-state index in [9.17, 15) is 4.79 Å². The van der Waals surface area contributed by atoms with Gasteiger partial charge in [0, 0.05) is 23.1 Å². The Kier molecular flexibility index (Phi) is 5.12. The molecule has 0 aliphatic carbocycles. The van der Waals surface area contributed by atoms with Gasteiger partial charge >= 0.3 is 0 Å². The predicted molar refractivity (Wildman–Crippen MR) is 86.4 cm³/mol. The predicted octanol–water partition coefficient (Wildman–Crippen LogP) is 3.50. The molecule has 2 N–H and O–H groups in total. The molecular formula is C16H13ClN4O. The number of nitrogens with zero attached hydrogens (tertiary/aromatic N) is 2. The normalized spacial score (nSPS) is 10.7. The highest BCUT2D eigenvalue weighted by atomic mass is 35.5. The van der Waals surface area contributed by atoms with Gasteiger partial charge in [0.05, 0.1) is 0 Å². The van der Waals surface area contributed by atoms with E-state index >= 15 is 0 Å². The van der Waals surface area contributed by atoms with Gasteiger partial charge in [-0.3, -0.25) is 4.79 Å². The fourth-order valence-corrected chi connectivity index (χ4v) is 1.86. The van der Waals surface area contributed by atoms with Crippen LogP contribution in [0.4, 0.5) is 11.5 Å². The molecule has 0 saturated carbocycles. The van der Waals surface area contributed by atoms with Gasteiger partial charge in [-0.1, -0.05) is 17.7 Å². The second-order valence-corrected chi connectivity index (χ2v) is 4.93. The van der Waals surface area contributed by atoms with Gasteiger partial charge in [-0.25, -0.2) is 4.98 Å². The minimum atomic E-state index is -0.523. The molecule has 0 spiro atoms. The molecule has 0 fully saturated rings. The highest BCUT2D eigenvalue weighted by Crippen LogP contribution is 2.15. The van der Waals surface area contributed by atoms with E-state index in [0.717, 1.165) is 5.56 Å². The second kappa shape index (κ2) is 7.25. The number of benzene rings is 1. The van der Waals surface area contributed by atoms with Gasteiger partial charge in [0.15, 0.2) is 0 Å². The van der Waals surface area contributed by atoms with E-state index in [0.29, 0.717) is 16.5 Å². The van der Waals surface area contributed by atoms with Crippen molar-refractivity contribution in [3.05, 3.63) is 65.0 Å². The molecule has 2 aromatic rings. The maximum absolute atomic E-state index is 12.0. The van der Waals surface area contributed by atoms with Crippen LogP contribution in [0.5, 0.6) is 0 Å². The number of aromatic nitrogens is 1. The van der Waals surface area contributed by atoms with Crippen LogP contribution in [-0.2, 0) is 4.79 Å². The molecule has 6 heteroatoms. The first kappa shape index (κ1) is 15.5. The van der Waals surface area contributed by atoms with Crippen molar-refractivity contribution in [2.45, 2.75) is 6.92 Å². The molecule has 0 saturated heterocycles. The minimum Gasteiger partial charge on any atom is -0.345 e. The van der Waals surface area contributed by atoms with Gasteiger partial charge in [0.1, 0.15) is 17.5 Å². The summed E-state index contributed by atoms with van der Waals surface area (Å²) in [5.41, 5.74) is 1.48. The van der Waals surface area contributed by atoms with Crippen LogP contribution in [0.1, 0.15) is 5.56 Å². The third-order valence-corrected chi connectivity index (χ3v) is 2.96. The maximum Gasteiger partial charge on any atom is 0.267 e. The van der Waals surface area contributed by atoms with Crippen molar-refractivity contribution in [2.75, 3.05) is 10.6 Å². The smallest absolute Gasteiger partial charge is 0.267 e. The Morgan fingerprint density at radius 3 is 2.86 bits per heavy atom. The third-order valence-electron chi connectivity index (χ3n) is 2.73. The molecule has 0 aliphatic rings. The molecule has 1 aromatic carbocycles. The van der Waals surface area contributed by atoms with Crippen molar-refractivity contribution in [3.8, 4) is 6.07 Å². The van der Waals surface area contributed by atoms with Crippen LogP contribution in [0.3, 0.4) is 0 Å². The fraction of sp³-hybridized carbons (Fsp3) is 0.0625. The lowest BCUT2D eigenvalue weighted by Gasteiger charge is -2.05. The summed E-state index contributed by atoms with van der Waals surface area (Å²) in [6.07, 6.45) is 2.96. The van der Waals surface area contributed by atoms with Crippen LogP contribution in [0.25, 0.3) is 0 Å².